The van der Waals surface area contributed by atoms with Gasteiger partial charge < -0.3 is 5.32 Å². The molecule has 1 fully saturated rings. The number of nitrogens with zero attached hydrogens (tertiary/aromatic N) is 2. The van der Waals surface area contributed by atoms with Crippen molar-refractivity contribution in [1.29, 1.82) is 0 Å². The third-order valence-electron chi connectivity index (χ3n) is 4.53. The Morgan fingerprint density at radius 2 is 2.05 bits per heavy atom. The maximum atomic E-state index is 4.73. The Morgan fingerprint density at radius 1 is 1.26 bits per heavy atom. The van der Waals surface area contributed by atoms with Gasteiger partial charge in [0, 0.05) is 25.0 Å². The Bertz CT molecular complexity index is 566. The zero-order valence-corrected chi connectivity index (χ0v) is 11.9. The molecule has 2 aromatic rings. The Kier molecular flexibility index (Phi) is 3.31. The molecule has 19 heavy (non-hydrogen) atoms. The van der Waals surface area contributed by atoms with Crippen molar-refractivity contribution in [3.05, 3.63) is 30.0 Å². The fraction of sp³-hybridized carbons (Fsp3) is 0.562. The van der Waals surface area contributed by atoms with Crippen LogP contribution in [0.1, 0.15) is 38.8 Å². The van der Waals surface area contributed by atoms with Gasteiger partial charge >= 0.3 is 0 Å². The van der Waals surface area contributed by atoms with Gasteiger partial charge in [-0.05, 0) is 37.7 Å². The maximum Gasteiger partial charge on any atom is 0.0841 e. The molecule has 1 aliphatic carbocycles. The first kappa shape index (κ1) is 12.7. The summed E-state index contributed by atoms with van der Waals surface area (Å²) < 4.78 is 2.10. The van der Waals surface area contributed by atoms with Crippen molar-refractivity contribution >= 4 is 10.9 Å². The van der Waals surface area contributed by atoms with Gasteiger partial charge in [-0.25, -0.2) is 0 Å². The monoisotopic (exact) mass is 257 g/mol. The molecule has 3 nitrogen and oxygen atoms in total. The second-order valence-corrected chi connectivity index (χ2v) is 5.74. The molecule has 0 aliphatic heterocycles. The van der Waals surface area contributed by atoms with Crippen LogP contribution in [0.4, 0.5) is 0 Å². The second-order valence-electron chi connectivity index (χ2n) is 5.74. The molecule has 1 heterocycles. The molecule has 3 heteroatoms. The summed E-state index contributed by atoms with van der Waals surface area (Å²) in [6.07, 6.45) is 4.07. The van der Waals surface area contributed by atoms with Gasteiger partial charge in [-0.1, -0.05) is 25.1 Å². The minimum atomic E-state index is 0.600. The predicted molar refractivity (Wildman–Crippen MR) is 79.1 cm³/mol. The van der Waals surface area contributed by atoms with Crippen LogP contribution in [-0.4, -0.2) is 16.3 Å². The van der Waals surface area contributed by atoms with E-state index in [1.54, 1.807) is 0 Å². The first-order valence-corrected chi connectivity index (χ1v) is 7.43. The molecule has 0 saturated heterocycles. The van der Waals surface area contributed by atoms with Gasteiger partial charge in [-0.15, -0.1) is 0 Å². The van der Waals surface area contributed by atoms with Crippen LogP contribution in [-0.2, 0) is 13.1 Å². The summed E-state index contributed by atoms with van der Waals surface area (Å²) in [4.78, 5) is 0. The molecule has 0 amide bonds. The highest BCUT2D eigenvalue weighted by Gasteiger charge is 2.39. The SMILES string of the molecule is CCn1nc(CNCC2(CC)CC2)c2ccccc21. The second kappa shape index (κ2) is 4.97. The molecular formula is C16H23N3. The van der Waals surface area contributed by atoms with E-state index in [4.69, 9.17) is 5.10 Å². The van der Waals surface area contributed by atoms with Crippen molar-refractivity contribution in [3.63, 3.8) is 0 Å². The lowest BCUT2D eigenvalue weighted by atomic mass is 10.0. The minimum absolute atomic E-state index is 0.600. The molecule has 1 N–H and O–H groups in total. The van der Waals surface area contributed by atoms with E-state index in [0.29, 0.717) is 5.41 Å². The summed E-state index contributed by atoms with van der Waals surface area (Å²) in [5.41, 5.74) is 3.03. The van der Waals surface area contributed by atoms with Crippen LogP contribution in [0.5, 0.6) is 0 Å². The van der Waals surface area contributed by atoms with Crippen LogP contribution in [0.25, 0.3) is 10.9 Å². The largest absolute Gasteiger partial charge is 0.311 e. The fourth-order valence-corrected chi connectivity index (χ4v) is 2.85. The fourth-order valence-electron chi connectivity index (χ4n) is 2.85. The van der Waals surface area contributed by atoms with E-state index in [-0.39, 0.29) is 0 Å². The van der Waals surface area contributed by atoms with Crippen molar-refractivity contribution in [1.82, 2.24) is 15.1 Å². The lowest BCUT2D eigenvalue weighted by Crippen LogP contribution is -2.23. The highest BCUT2D eigenvalue weighted by atomic mass is 15.3. The first-order valence-electron chi connectivity index (χ1n) is 7.43. The topological polar surface area (TPSA) is 29.9 Å². The average molecular weight is 257 g/mol. The summed E-state index contributed by atoms with van der Waals surface area (Å²) in [6, 6.07) is 8.52. The highest BCUT2D eigenvalue weighted by molar-refractivity contribution is 5.81. The number of benzene rings is 1. The summed E-state index contributed by atoms with van der Waals surface area (Å²) in [5.74, 6) is 0. The van der Waals surface area contributed by atoms with Crippen molar-refractivity contribution in [3.8, 4) is 0 Å². The lowest BCUT2D eigenvalue weighted by molar-refractivity contribution is 0.441. The van der Waals surface area contributed by atoms with Crippen LogP contribution in [0, 0.1) is 5.41 Å². The maximum absolute atomic E-state index is 4.73. The molecule has 0 bridgehead atoms. The quantitative estimate of drug-likeness (QED) is 0.860. The molecule has 1 aliphatic rings. The van der Waals surface area contributed by atoms with Crippen molar-refractivity contribution in [2.24, 2.45) is 5.41 Å². The van der Waals surface area contributed by atoms with Gasteiger partial charge in [0.2, 0.25) is 0 Å². The standard InChI is InChI=1S/C16H23N3/c1-3-16(9-10-16)12-17-11-14-13-7-5-6-8-15(13)19(4-2)18-14/h5-8,17H,3-4,9-12H2,1-2H3. The molecule has 0 spiro atoms. The number of rotatable bonds is 6. The van der Waals surface area contributed by atoms with Crippen LogP contribution < -0.4 is 5.32 Å². The van der Waals surface area contributed by atoms with Crippen LogP contribution in [0.3, 0.4) is 0 Å². The van der Waals surface area contributed by atoms with Gasteiger partial charge in [0.15, 0.2) is 0 Å². The first-order chi connectivity index (χ1) is 9.28. The number of aryl methyl sites for hydroxylation is 1. The van der Waals surface area contributed by atoms with Gasteiger partial charge in [-0.2, -0.15) is 5.10 Å². The smallest absolute Gasteiger partial charge is 0.0841 e. The summed E-state index contributed by atoms with van der Waals surface area (Å²) in [5, 5.41) is 9.63. The molecule has 3 rings (SSSR count). The van der Waals surface area contributed by atoms with Crippen LogP contribution >= 0.6 is 0 Å². The van der Waals surface area contributed by atoms with Gasteiger partial charge in [0.1, 0.15) is 0 Å². The van der Waals surface area contributed by atoms with E-state index in [2.05, 4.69) is 48.1 Å². The predicted octanol–water partition coefficient (Wildman–Crippen LogP) is 3.34. The molecule has 1 aromatic carbocycles. The lowest BCUT2D eigenvalue weighted by Gasteiger charge is -2.12. The Balaban J connectivity index is 1.74. The molecular weight excluding hydrogens is 234 g/mol. The van der Waals surface area contributed by atoms with E-state index >= 15 is 0 Å². The average Bonchev–Trinajstić information content (AvgIpc) is 3.15. The van der Waals surface area contributed by atoms with E-state index < -0.39 is 0 Å². The number of fused-ring (bicyclic) bond motifs is 1. The van der Waals surface area contributed by atoms with Gasteiger partial charge in [0.05, 0.1) is 11.2 Å². The van der Waals surface area contributed by atoms with Crippen LogP contribution in [0.15, 0.2) is 24.3 Å². The van der Waals surface area contributed by atoms with Gasteiger partial charge in [0.25, 0.3) is 0 Å². The third kappa shape index (κ3) is 2.39. The molecule has 1 saturated carbocycles. The molecule has 102 valence electrons. The van der Waals surface area contributed by atoms with Crippen molar-refractivity contribution < 1.29 is 0 Å². The number of hydrogen-bond donors (Lipinski definition) is 1. The highest BCUT2D eigenvalue weighted by Crippen LogP contribution is 2.47. The Labute approximate surface area is 115 Å². The van der Waals surface area contributed by atoms with E-state index in [0.717, 1.165) is 19.6 Å². The number of hydrogen-bond acceptors (Lipinski definition) is 2. The molecule has 0 radical (unpaired) electrons. The van der Waals surface area contributed by atoms with Crippen LogP contribution in [0.2, 0.25) is 0 Å². The number of para-hydroxylation sites is 1. The van der Waals surface area contributed by atoms with Crippen molar-refractivity contribution in [2.45, 2.75) is 46.2 Å². The van der Waals surface area contributed by atoms with E-state index in [9.17, 15) is 0 Å². The summed E-state index contributed by atoms with van der Waals surface area (Å²) in [7, 11) is 0. The van der Waals surface area contributed by atoms with E-state index in [1.165, 1.54) is 35.9 Å². The Hall–Kier alpha value is -1.35. The summed E-state index contributed by atoms with van der Waals surface area (Å²) >= 11 is 0. The zero-order valence-electron chi connectivity index (χ0n) is 11.9. The normalized spacial score (nSPS) is 16.9. The molecule has 1 aromatic heterocycles. The van der Waals surface area contributed by atoms with E-state index in [1.807, 2.05) is 0 Å². The molecule has 0 unspecified atom stereocenters. The summed E-state index contributed by atoms with van der Waals surface area (Å²) in [6.45, 7) is 7.40. The number of aromatic nitrogens is 2. The van der Waals surface area contributed by atoms with Gasteiger partial charge in [-0.3, -0.25) is 4.68 Å². The van der Waals surface area contributed by atoms with Crippen molar-refractivity contribution in [2.75, 3.05) is 6.54 Å². The minimum Gasteiger partial charge on any atom is -0.311 e. The number of nitrogens with one attached hydrogen (secondary N) is 1. The molecule has 0 atom stereocenters. The zero-order chi connectivity index (χ0) is 13.3. The third-order valence-corrected chi connectivity index (χ3v) is 4.53. The Morgan fingerprint density at radius 3 is 2.74 bits per heavy atom.